The van der Waals surface area contributed by atoms with Crippen molar-refractivity contribution in [2.45, 2.75) is 0 Å². The van der Waals surface area contributed by atoms with Gasteiger partial charge in [-0.15, -0.1) is 0 Å². The average molecular weight is 314 g/mol. The van der Waals surface area contributed by atoms with Crippen LogP contribution < -0.4 is 4.90 Å². The van der Waals surface area contributed by atoms with Crippen LogP contribution in [0.1, 0.15) is 26.3 Å². The summed E-state index contributed by atoms with van der Waals surface area (Å²) >= 11 is 0. The molecule has 5 heteroatoms. The molecule has 0 fully saturated rings. The van der Waals surface area contributed by atoms with Crippen molar-refractivity contribution < 1.29 is 14.7 Å². The molecule has 0 atom stereocenters. The Morgan fingerprint density at radius 2 is 1.79 bits per heavy atom. The van der Waals surface area contributed by atoms with E-state index in [1.807, 2.05) is 36.4 Å². The third kappa shape index (κ3) is 1.50. The summed E-state index contributed by atoms with van der Waals surface area (Å²) in [4.78, 5) is 30.3. The number of amidine groups is 1. The summed E-state index contributed by atoms with van der Waals surface area (Å²) in [7, 11) is 0. The summed E-state index contributed by atoms with van der Waals surface area (Å²) in [6.45, 7) is 0. The smallest absolute Gasteiger partial charge is 0.335 e. The van der Waals surface area contributed by atoms with E-state index in [-0.39, 0.29) is 11.5 Å². The van der Waals surface area contributed by atoms with Crippen molar-refractivity contribution in [2.75, 3.05) is 4.90 Å². The Morgan fingerprint density at radius 1 is 1.00 bits per heavy atom. The second kappa shape index (κ2) is 4.29. The molecule has 2 aliphatic heterocycles. The summed E-state index contributed by atoms with van der Waals surface area (Å²) in [6.07, 6.45) is 0. The van der Waals surface area contributed by atoms with Gasteiger partial charge in [-0.05, 0) is 35.7 Å². The highest BCUT2D eigenvalue weighted by atomic mass is 16.4. The molecule has 0 aliphatic carbocycles. The molecule has 3 aromatic carbocycles. The number of carboxylic acids is 1. The Morgan fingerprint density at radius 3 is 2.58 bits per heavy atom. The lowest BCUT2D eigenvalue weighted by Crippen LogP contribution is -2.31. The number of hydrogen-bond donors (Lipinski definition) is 1. The van der Waals surface area contributed by atoms with Crippen LogP contribution in [0.15, 0.2) is 59.6 Å². The largest absolute Gasteiger partial charge is 0.478 e. The van der Waals surface area contributed by atoms with Crippen LogP contribution in [0.5, 0.6) is 0 Å². The molecular formula is C19H10N2O3. The molecule has 2 heterocycles. The molecule has 0 aromatic heterocycles. The van der Waals surface area contributed by atoms with Gasteiger partial charge in [-0.25, -0.2) is 9.79 Å². The van der Waals surface area contributed by atoms with E-state index in [9.17, 15) is 14.7 Å². The van der Waals surface area contributed by atoms with E-state index in [1.54, 1.807) is 11.0 Å². The maximum absolute atomic E-state index is 12.9. The number of aliphatic imine (C=N–C) groups is 1. The maximum Gasteiger partial charge on any atom is 0.335 e. The molecule has 5 rings (SSSR count). The molecule has 0 bridgehead atoms. The highest BCUT2D eigenvalue weighted by Crippen LogP contribution is 2.43. The SMILES string of the molecule is O=C(O)c1ccc2c(c1)C1=Nc3cccc4cccc(c34)N1C2=O. The van der Waals surface area contributed by atoms with E-state index in [0.29, 0.717) is 17.0 Å². The monoisotopic (exact) mass is 314 g/mol. The summed E-state index contributed by atoms with van der Waals surface area (Å²) < 4.78 is 0. The van der Waals surface area contributed by atoms with Crippen LogP contribution in [0.3, 0.4) is 0 Å². The molecule has 0 unspecified atom stereocenters. The standard InChI is InChI=1S/C19H10N2O3/c22-18-12-8-7-11(19(23)24)9-13(12)17-20-14-5-1-3-10-4-2-6-15(16(10)14)21(17)18/h1-9H,(H,23,24). The predicted octanol–water partition coefficient (Wildman–Crippen LogP) is 3.59. The Kier molecular flexibility index (Phi) is 2.33. The van der Waals surface area contributed by atoms with Crippen LogP contribution >= 0.6 is 0 Å². The average Bonchev–Trinajstić information content (AvgIpc) is 2.88. The van der Waals surface area contributed by atoms with Crippen molar-refractivity contribution in [2.24, 2.45) is 4.99 Å². The Bertz CT molecular complexity index is 1110. The van der Waals surface area contributed by atoms with Gasteiger partial charge in [0.25, 0.3) is 5.91 Å². The number of nitrogens with zero attached hydrogens (tertiary/aromatic N) is 2. The lowest BCUT2D eigenvalue weighted by atomic mass is 10.0. The molecule has 1 amide bonds. The van der Waals surface area contributed by atoms with Crippen LogP contribution in [0.2, 0.25) is 0 Å². The van der Waals surface area contributed by atoms with Gasteiger partial charge in [0.15, 0.2) is 0 Å². The third-order valence-corrected chi connectivity index (χ3v) is 4.48. The van der Waals surface area contributed by atoms with Crippen molar-refractivity contribution in [3.63, 3.8) is 0 Å². The molecule has 5 nitrogen and oxygen atoms in total. The van der Waals surface area contributed by atoms with Crippen LogP contribution in [0, 0.1) is 0 Å². The van der Waals surface area contributed by atoms with Gasteiger partial charge < -0.3 is 5.11 Å². The fourth-order valence-electron chi connectivity index (χ4n) is 3.41. The topological polar surface area (TPSA) is 70.0 Å². The first-order valence-electron chi connectivity index (χ1n) is 7.48. The molecule has 24 heavy (non-hydrogen) atoms. The molecule has 114 valence electrons. The lowest BCUT2D eigenvalue weighted by Gasteiger charge is -2.24. The zero-order chi connectivity index (χ0) is 16.4. The number of anilines is 1. The predicted molar refractivity (Wildman–Crippen MR) is 90.4 cm³/mol. The van der Waals surface area contributed by atoms with Crippen LogP contribution in [-0.2, 0) is 0 Å². The van der Waals surface area contributed by atoms with Gasteiger partial charge >= 0.3 is 5.97 Å². The van der Waals surface area contributed by atoms with Crippen molar-refractivity contribution in [3.05, 3.63) is 71.3 Å². The molecule has 1 N–H and O–H groups in total. The van der Waals surface area contributed by atoms with Crippen molar-refractivity contribution >= 4 is 39.9 Å². The Hall–Kier alpha value is -3.47. The quantitative estimate of drug-likeness (QED) is 0.746. The number of fused-ring (bicyclic) bond motifs is 4. The van der Waals surface area contributed by atoms with E-state index >= 15 is 0 Å². The number of carbonyl (C=O) groups excluding carboxylic acids is 1. The van der Waals surface area contributed by atoms with Crippen molar-refractivity contribution in [1.29, 1.82) is 0 Å². The number of rotatable bonds is 1. The zero-order valence-corrected chi connectivity index (χ0v) is 12.4. The molecule has 3 aromatic rings. The highest BCUT2D eigenvalue weighted by Gasteiger charge is 2.38. The normalized spacial score (nSPS) is 14.4. The van der Waals surface area contributed by atoms with E-state index in [0.717, 1.165) is 22.1 Å². The van der Waals surface area contributed by atoms with Crippen molar-refractivity contribution in [3.8, 4) is 0 Å². The first-order valence-corrected chi connectivity index (χ1v) is 7.48. The minimum Gasteiger partial charge on any atom is -0.478 e. The fourth-order valence-corrected chi connectivity index (χ4v) is 3.41. The Balaban J connectivity index is 1.85. The third-order valence-electron chi connectivity index (χ3n) is 4.48. The number of aromatic carboxylic acids is 1. The second-order valence-corrected chi connectivity index (χ2v) is 5.79. The van der Waals surface area contributed by atoms with E-state index in [2.05, 4.69) is 4.99 Å². The van der Waals surface area contributed by atoms with Gasteiger partial charge in [0.05, 0.1) is 22.5 Å². The van der Waals surface area contributed by atoms with Crippen LogP contribution in [0.25, 0.3) is 10.8 Å². The minimum absolute atomic E-state index is 0.142. The maximum atomic E-state index is 12.9. The van der Waals surface area contributed by atoms with Crippen molar-refractivity contribution in [1.82, 2.24) is 0 Å². The van der Waals surface area contributed by atoms with E-state index < -0.39 is 5.97 Å². The minimum atomic E-state index is -1.03. The van der Waals surface area contributed by atoms with Gasteiger partial charge in [-0.2, -0.15) is 0 Å². The van der Waals surface area contributed by atoms with Crippen LogP contribution in [-0.4, -0.2) is 22.8 Å². The van der Waals surface area contributed by atoms with E-state index in [1.165, 1.54) is 12.1 Å². The van der Waals surface area contributed by atoms with Gasteiger partial charge in [-0.1, -0.05) is 24.3 Å². The summed E-state index contributed by atoms with van der Waals surface area (Å²) in [6, 6.07) is 16.1. The van der Waals surface area contributed by atoms with Gasteiger partial charge in [0.2, 0.25) is 0 Å². The number of carbonyl (C=O) groups is 2. The summed E-state index contributed by atoms with van der Waals surface area (Å²) in [5.74, 6) is -0.713. The zero-order valence-electron chi connectivity index (χ0n) is 12.4. The van der Waals surface area contributed by atoms with Crippen LogP contribution in [0.4, 0.5) is 11.4 Å². The molecule has 2 aliphatic rings. The van der Waals surface area contributed by atoms with E-state index in [4.69, 9.17) is 0 Å². The number of hydrogen-bond acceptors (Lipinski definition) is 3. The summed E-state index contributed by atoms with van der Waals surface area (Å²) in [5.41, 5.74) is 2.75. The first kappa shape index (κ1) is 13.0. The fraction of sp³-hybridized carbons (Fsp3) is 0. The molecule has 0 saturated heterocycles. The van der Waals surface area contributed by atoms with Gasteiger partial charge in [-0.3, -0.25) is 9.69 Å². The van der Waals surface area contributed by atoms with Gasteiger partial charge in [0, 0.05) is 10.9 Å². The molecular weight excluding hydrogens is 304 g/mol. The molecule has 0 saturated carbocycles. The van der Waals surface area contributed by atoms with Gasteiger partial charge in [0.1, 0.15) is 5.84 Å². The number of amides is 1. The first-order chi connectivity index (χ1) is 11.6. The molecule has 0 spiro atoms. The summed E-state index contributed by atoms with van der Waals surface area (Å²) in [5, 5.41) is 11.2. The highest BCUT2D eigenvalue weighted by molar-refractivity contribution is 6.40. The second-order valence-electron chi connectivity index (χ2n) is 5.79. The lowest BCUT2D eigenvalue weighted by molar-refractivity contribution is 0.0696. The molecule has 0 radical (unpaired) electrons. The Labute approximate surface area is 136 Å². The number of carboxylic acid groups (broad SMARTS) is 1. The number of benzene rings is 3.